The van der Waals surface area contributed by atoms with Crippen LogP contribution in [0.15, 0.2) is 42.7 Å². The Balaban J connectivity index is 1.68. The first-order valence-electron chi connectivity index (χ1n) is 9.64. The fourth-order valence-corrected chi connectivity index (χ4v) is 4.01. The number of carbonyl (C=O) groups is 1. The summed E-state index contributed by atoms with van der Waals surface area (Å²) in [5.41, 5.74) is 3.35. The van der Waals surface area contributed by atoms with Crippen LogP contribution in [-0.2, 0) is 6.54 Å². The fraction of sp³-hybridized carbons (Fsp3) is 0.364. The first-order valence-corrected chi connectivity index (χ1v) is 9.64. The third-order valence-electron chi connectivity index (χ3n) is 5.52. The molecule has 1 heterocycles. The first-order chi connectivity index (χ1) is 13.7. The van der Waals surface area contributed by atoms with Crippen LogP contribution in [0.3, 0.4) is 0 Å². The van der Waals surface area contributed by atoms with Crippen LogP contribution in [0.4, 0.5) is 0 Å². The van der Waals surface area contributed by atoms with Crippen LogP contribution in [-0.4, -0.2) is 41.0 Å². The molecule has 28 heavy (non-hydrogen) atoms. The highest BCUT2D eigenvalue weighted by molar-refractivity contribution is 5.97. The largest absolute Gasteiger partial charge is 0.497 e. The Hall–Kier alpha value is -3.02. The maximum atomic E-state index is 13.5. The highest BCUT2D eigenvalue weighted by Crippen LogP contribution is 2.31. The molecule has 0 aliphatic heterocycles. The lowest BCUT2D eigenvalue weighted by atomic mass is 10.1. The van der Waals surface area contributed by atoms with Crippen LogP contribution in [0.2, 0.25) is 0 Å². The Morgan fingerprint density at radius 3 is 2.71 bits per heavy atom. The minimum atomic E-state index is 0.0354. The van der Waals surface area contributed by atoms with Gasteiger partial charge in [-0.25, -0.2) is 4.98 Å². The molecule has 4 rings (SSSR count). The number of hydrogen-bond acceptors (Lipinski definition) is 4. The molecule has 6 nitrogen and oxygen atoms in total. The summed E-state index contributed by atoms with van der Waals surface area (Å²) >= 11 is 0. The molecule has 0 bridgehead atoms. The van der Waals surface area contributed by atoms with E-state index < -0.39 is 0 Å². The van der Waals surface area contributed by atoms with Gasteiger partial charge in [-0.2, -0.15) is 0 Å². The molecule has 1 fully saturated rings. The maximum absolute atomic E-state index is 13.5. The zero-order valence-corrected chi connectivity index (χ0v) is 16.3. The molecule has 1 amide bonds. The lowest BCUT2D eigenvalue weighted by molar-refractivity contribution is 0.0663. The summed E-state index contributed by atoms with van der Waals surface area (Å²) < 4.78 is 10.9. The molecule has 6 heteroatoms. The van der Waals surface area contributed by atoms with Crippen molar-refractivity contribution in [3.05, 3.63) is 53.9 Å². The van der Waals surface area contributed by atoms with Gasteiger partial charge in [-0.1, -0.05) is 12.8 Å². The van der Waals surface area contributed by atoms with E-state index in [1.54, 1.807) is 20.5 Å². The number of nitrogens with one attached hydrogen (secondary N) is 1. The molecule has 1 aromatic heterocycles. The van der Waals surface area contributed by atoms with Crippen molar-refractivity contribution in [2.24, 2.45) is 0 Å². The van der Waals surface area contributed by atoms with E-state index in [0.717, 1.165) is 53.8 Å². The van der Waals surface area contributed by atoms with Gasteiger partial charge in [0.1, 0.15) is 11.5 Å². The third-order valence-corrected chi connectivity index (χ3v) is 5.52. The van der Waals surface area contributed by atoms with E-state index in [0.29, 0.717) is 12.1 Å². The van der Waals surface area contributed by atoms with Crippen molar-refractivity contribution in [2.75, 3.05) is 14.2 Å². The van der Waals surface area contributed by atoms with Gasteiger partial charge in [0, 0.05) is 17.2 Å². The first kappa shape index (κ1) is 18.3. The van der Waals surface area contributed by atoms with Gasteiger partial charge in [0.25, 0.3) is 5.91 Å². The van der Waals surface area contributed by atoms with Gasteiger partial charge < -0.3 is 19.4 Å². The van der Waals surface area contributed by atoms with Gasteiger partial charge in [0.2, 0.25) is 0 Å². The monoisotopic (exact) mass is 379 g/mol. The second-order valence-corrected chi connectivity index (χ2v) is 7.18. The molecule has 1 saturated carbocycles. The van der Waals surface area contributed by atoms with Crippen LogP contribution in [0.5, 0.6) is 11.5 Å². The minimum Gasteiger partial charge on any atom is -0.497 e. The Morgan fingerprint density at radius 1 is 1.14 bits per heavy atom. The molecule has 146 valence electrons. The van der Waals surface area contributed by atoms with Crippen molar-refractivity contribution in [1.82, 2.24) is 14.9 Å². The van der Waals surface area contributed by atoms with Crippen molar-refractivity contribution >= 4 is 16.9 Å². The highest BCUT2D eigenvalue weighted by atomic mass is 16.5. The summed E-state index contributed by atoms with van der Waals surface area (Å²) in [4.78, 5) is 22.8. The molecular formula is C22H25N3O3. The zero-order chi connectivity index (χ0) is 19.5. The number of hydrogen-bond donors (Lipinski definition) is 1. The van der Waals surface area contributed by atoms with E-state index in [9.17, 15) is 4.79 Å². The van der Waals surface area contributed by atoms with Crippen molar-refractivity contribution in [3.63, 3.8) is 0 Å². The average Bonchev–Trinajstić information content (AvgIpc) is 3.42. The molecule has 1 aliphatic rings. The summed E-state index contributed by atoms with van der Waals surface area (Å²) in [6.45, 7) is 0.491. The number of amides is 1. The standard InChI is InChI=1S/C22H25N3O3/c1-27-18-8-10-21(28-2)16(11-18)13-25(17-5-3-4-6-17)22(26)15-7-9-19-20(12-15)24-14-23-19/h7-12,14,17H,3-6,13H2,1-2H3,(H,23,24). The van der Waals surface area contributed by atoms with E-state index in [1.165, 1.54) is 0 Å². The number of methoxy groups -OCH3 is 2. The lowest BCUT2D eigenvalue weighted by Gasteiger charge is -2.30. The second-order valence-electron chi connectivity index (χ2n) is 7.18. The van der Waals surface area contributed by atoms with Gasteiger partial charge in [0.15, 0.2) is 0 Å². The van der Waals surface area contributed by atoms with Gasteiger partial charge in [-0.3, -0.25) is 4.79 Å². The van der Waals surface area contributed by atoms with Gasteiger partial charge in [-0.05, 0) is 49.2 Å². The molecule has 0 atom stereocenters. The number of nitrogens with zero attached hydrogens (tertiary/aromatic N) is 2. The Labute approximate surface area is 164 Å². The van der Waals surface area contributed by atoms with Crippen LogP contribution in [0.1, 0.15) is 41.6 Å². The normalized spacial score (nSPS) is 14.4. The van der Waals surface area contributed by atoms with E-state index in [1.807, 2.05) is 41.3 Å². The fourth-order valence-electron chi connectivity index (χ4n) is 4.01. The predicted octanol–water partition coefficient (Wildman–Crippen LogP) is 4.17. The van der Waals surface area contributed by atoms with E-state index >= 15 is 0 Å². The smallest absolute Gasteiger partial charge is 0.254 e. The summed E-state index contributed by atoms with van der Waals surface area (Å²) in [5, 5.41) is 0. The molecule has 2 aromatic carbocycles. The molecule has 1 aliphatic carbocycles. The Kier molecular flexibility index (Phi) is 5.19. The molecule has 0 radical (unpaired) electrons. The topological polar surface area (TPSA) is 67.5 Å². The number of ether oxygens (including phenoxy) is 2. The van der Waals surface area contributed by atoms with Crippen molar-refractivity contribution in [2.45, 2.75) is 38.3 Å². The Bertz CT molecular complexity index is 976. The number of rotatable bonds is 6. The number of aromatic nitrogens is 2. The van der Waals surface area contributed by atoms with Crippen molar-refractivity contribution < 1.29 is 14.3 Å². The number of aromatic amines is 1. The maximum Gasteiger partial charge on any atom is 0.254 e. The van der Waals surface area contributed by atoms with E-state index in [-0.39, 0.29) is 11.9 Å². The number of fused-ring (bicyclic) bond motifs is 1. The minimum absolute atomic E-state index is 0.0354. The second kappa shape index (κ2) is 7.92. The molecule has 3 aromatic rings. The SMILES string of the molecule is COc1ccc(OC)c(CN(C(=O)c2ccc3nc[nH]c3c2)C2CCCC2)c1. The Morgan fingerprint density at radius 2 is 1.96 bits per heavy atom. The molecule has 0 saturated heterocycles. The van der Waals surface area contributed by atoms with Gasteiger partial charge >= 0.3 is 0 Å². The highest BCUT2D eigenvalue weighted by Gasteiger charge is 2.28. The molecule has 0 spiro atoms. The van der Waals surface area contributed by atoms with Crippen LogP contribution < -0.4 is 9.47 Å². The lowest BCUT2D eigenvalue weighted by Crippen LogP contribution is -2.38. The van der Waals surface area contributed by atoms with E-state index in [4.69, 9.17) is 9.47 Å². The summed E-state index contributed by atoms with van der Waals surface area (Å²) in [6, 6.07) is 11.6. The van der Waals surface area contributed by atoms with Crippen molar-refractivity contribution in [1.29, 1.82) is 0 Å². The molecular weight excluding hydrogens is 354 g/mol. The third kappa shape index (κ3) is 3.54. The number of carbonyl (C=O) groups excluding carboxylic acids is 1. The average molecular weight is 379 g/mol. The van der Waals surface area contributed by atoms with Gasteiger partial charge in [-0.15, -0.1) is 0 Å². The summed E-state index contributed by atoms with van der Waals surface area (Å²) in [6.07, 6.45) is 6.02. The summed E-state index contributed by atoms with van der Waals surface area (Å²) in [5.74, 6) is 1.56. The van der Waals surface area contributed by atoms with Crippen LogP contribution >= 0.6 is 0 Å². The predicted molar refractivity (Wildman–Crippen MR) is 108 cm³/mol. The van der Waals surface area contributed by atoms with Crippen LogP contribution in [0, 0.1) is 0 Å². The number of benzene rings is 2. The molecule has 1 N–H and O–H groups in total. The number of H-pyrrole nitrogens is 1. The van der Waals surface area contributed by atoms with Crippen molar-refractivity contribution in [3.8, 4) is 11.5 Å². The quantitative estimate of drug-likeness (QED) is 0.698. The van der Waals surface area contributed by atoms with Crippen LogP contribution in [0.25, 0.3) is 11.0 Å². The molecule has 0 unspecified atom stereocenters. The zero-order valence-electron chi connectivity index (χ0n) is 16.3. The van der Waals surface area contributed by atoms with E-state index in [2.05, 4.69) is 9.97 Å². The summed E-state index contributed by atoms with van der Waals surface area (Å²) in [7, 11) is 3.30. The van der Waals surface area contributed by atoms with Gasteiger partial charge in [0.05, 0.1) is 38.1 Å². The number of imidazole rings is 1.